The van der Waals surface area contributed by atoms with Crippen LogP contribution in [0.15, 0.2) is 0 Å². The number of rotatable bonds is 7. The molecule has 0 heterocycles. The highest BCUT2D eigenvalue weighted by molar-refractivity contribution is 5.81. The fourth-order valence-corrected chi connectivity index (χ4v) is 1.20. The second-order valence-electron chi connectivity index (χ2n) is 3.89. The highest BCUT2D eigenvalue weighted by Crippen LogP contribution is 2.18. The Balaban J connectivity index is 2.00. The van der Waals surface area contributed by atoms with E-state index in [4.69, 9.17) is 5.11 Å². The third-order valence-corrected chi connectivity index (χ3v) is 2.35. The summed E-state index contributed by atoms with van der Waals surface area (Å²) >= 11 is 0. The normalized spacial score (nSPS) is 17.9. The standard InChI is InChI=1S/C10H20N2O2/c1-8(11-6-2-3-7-13)10(14)12-9-4-5-9/h8-9,11,13H,2-7H2,1H3,(H,12,14). The van der Waals surface area contributed by atoms with Crippen LogP contribution in [0.3, 0.4) is 0 Å². The number of aliphatic hydroxyl groups excluding tert-OH is 1. The second-order valence-corrected chi connectivity index (χ2v) is 3.89. The van der Waals surface area contributed by atoms with Crippen molar-refractivity contribution in [3.63, 3.8) is 0 Å². The third kappa shape index (κ3) is 4.58. The van der Waals surface area contributed by atoms with Gasteiger partial charge in [0.1, 0.15) is 0 Å². The van der Waals surface area contributed by atoms with Crippen LogP contribution in [0.5, 0.6) is 0 Å². The second kappa shape index (κ2) is 5.98. The van der Waals surface area contributed by atoms with Gasteiger partial charge in [-0.1, -0.05) is 0 Å². The van der Waals surface area contributed by atoms with E-state index < -0.39 is 0 Å². The molecule has 0 aromatic carbocycles. The molecule has 1 unspecified atom stereocenters. The quantitative estimate of drug-likeness (QED) is 0.508. The van der Waals surface area contributed by atoms with Gasteiger partial charge in [-0.15, -0.1) is 0 Å². The zero-order chi connectivity index (χ0) is 10.4. The minimum absolute atomic E-state index is 0.0940. The number of aliphatic hydroxyl groups is 1. The van der Waals surface area contributed by atoms with Crippen molar-refractivity contribution in [2.75, 3.05) is 13.2 Å². The number of hydrogen-bond acceptors (Lipinski definition) is 3. The van der Waals surface area contributed by atoms with E-state index in [9.17, 15) is 4.79 Å². The van der Waals surface area contributed by atoms with Gasteiger partial charge in [-0.2, -0.15) is 0 Å². The van der Waals surface area contributed by atoms with E-state index >= 15 is 0 Å². The highest BCUT2D eigenvalue weighted by Gasteiger charge is 2.25. The zero-order valence-electron chi connectivity index (χ0n) is 8.75. The first-order valence-corrected chi connectivity index (χ1v) is 5.38. The molecule has 0 bridgehead atoms. The lowest BCUT2D eigenvalue weighted by Crippen LogP contribution is -2.43. The van der Waals surface area contributed by atoms with Crippen molar-refractivity contribution >= 4 is 5.91 Å². The minimum Gasteiger partial charge on any atom is -0.396 e. The first kappa shape index (κ1) is 11.5. The van der Waals surface area contributed by atoms with Crippen LogP contribution < -0.4 is 10.6 Å². The molecule has 0 aliphatic heterocycles. The number of carbonyl (C=O) groups excluding carboxylic acids is 1. The molecule has 14 heavy (non-hydrogen) atoms. The van der Waals surface area contributed by atoms with E-state index in [1.165, 1.54) is 0 Å². The van der Waals surface area contributed by atoms with Gasteiger partial charge >= 0.3 is 0 Å². The van der Waals surface area contributed by atoms with Gasteiger partial charge in [-0.3, -0.25) is 4.79 Å². The Morgan fingerprint density at radius 1 is 1.50 bits per heavy atom. The summed E-state index contributed by atoms with van der Waals surface area (Å²) < 4.78 is 0. The van der Waals surface area contributed by atoms with Gasteiger partial charge in [0.15, 0.2) is 0 Å². The van der Waals surface area contributed by atoms with Gasteiger partial charge in [0.05, 0.1) is 6.04 Å². The summed E-state index contributed by atoms with van der Waals surface area (Å²) in [6.07, 6.45) is 3.97. The van der Waals surface area contributed by atoms with E-state index in [1.54, 1.807) is 0 Å². The molecule has 1 amide bonds. The van der Waals surface area contributed by atoms with Gasteiger partial charge in [0.25, 0.3) is 0 Å². The molecule has 4 nitrogen and oxygen atoms in total. The van der Waals surface area contributed by atoms with Crippen molar-refractivity contribution in [2.24, 2.45) is 0 Å². The maximum Gasteiger partial charge on any atom is 0.237 e. The molecule has 0 spiro atoms. The summed E-state index contributed by atoms with van der Waals surface area (Å²) in [6, 6.07) is 0.318. The Morgan fingerprint density at radius 3 is 2.79 bits per heavy atom. The zero-order valence-corrected chi connectivity index (χ0v) is 8.75. The molecule has 0 radical (unpaired) electrons. The van der Waals surface area contributed by atoms with Crippen LogP contribution in [-0.2, 0) is 4.79 Å². The number of nitrogens with one attached hydrogen (secondary N) is 2. The van der Waals surface area contributed by atoms with E-state index in [1.807, 2.05) is 6.92 Å². The van der Waals surface area contributed by atoms with Crippen LogP contribution in [0.4, 0.5) is 0 Å². The largest absolute Gasteiger partial charge is 0.396 e. The maximum atomic E-state index is 11.4. The SMILES string of the molecule is CC(NCCCCO)C(=O)NC1CC1. The monoisotopic (exact) mass is 200 g/mol. The lowest BCUT2D eigenvalue weighted by atomic mass is 10.2. The summed E-state index contributed by atoms with van der Waals surface area (Å²) in [5, 5.41) is 14.6. The summed E-state index contributed by atoms with van der Waals surface area (Å²) in [6.45, 7) is 2.89. The Hall–Kier alpha value is -0.610. The van der Waals surface area contributed by atoms with Crippen LogP contribution in [0, 0.1) is 0 Å². The molecule has 1 rings (SSSR count). The van der Waals surface area contributed by atoms with Gasteiger partial charge < -0.3 is 15.7 Å². The van der Waals surface area contributed by atoms with Gasteiger partial charge in [0.2, 0.25) is 5.91 Å². The predicted molar refractivity (Wildman–Crippen MR) is 54.9 cm³/mol. The van der Waals surface area contributed by atoms with Crippen LogP contribution in [-0.4, -0.2) is 36.2 Å². The molecule has 0 saturated heterocycles. The fourth-order valence-electron chi connectivity index (χ4n) is 1.20. The molecule has 0 aromatic rings. The summed E-state index contributed by atoms with van der Waals surface area (Å²) in [5.74, 6) is 0.0940. The Bertz CT molecular complexity index is 181. The Labute approximate surface area is 85.1 Å². The number of amides is 1. The molecule has 1 aliphatic rings. The average molecular weight is 200 g/mol. The van der Waals surface area contributed by atoms with Crippen molar-refractivity contribution in [2.45, 2.75) is 44.7 Å². The molecule has 3 N–H and O–H groups in total. The summed E-state index contributed by atoms with van der Waals surface area (Å²) in [4.78, 5) is 11.4. The van der Waals surface area contributed by atoms with Crippen molar-refractivity contribution in [3.05, 3.63) is 0 Å². The van der Waals surface area contributed by atoms with Crippen LogP contribution in [0.2, 0.25) is 0 Å². The van der Waals surface area contributed by atoms with Crippen molar-refractivity contribution in [1.29, 1.82) is 0 Å². The maximum absolute atomic E-state index is 11.4. The molecule has 0 aromatic heterocycles. The van der Waals surface area contributed by atoms with E-state index in [-0.39, 0.29) is 18.6 Å². The molecule has 1 saturated carbocycles. The molecule has 1 atom stereocenters. The Kier molecular flexibility index (Phi) is 4.90. The van der Waals surface area contributed by atoms with Crippen LogP contribution in [0.25, 0.3) is 0 Å². The van der Waals surface area contributed by atoms with E-state index in [0.29, 0.717) is 6.04 Å². The highest BCUT2D eigenvalue weighted by atomic mass is 16.2. The first-order valence-electron chi connectivity index (χ1n) is 5.38. The molecule has 1 fully saturated rings. The van der Waals surface area contributed by atoms with Gasteiger partial charge in [-0.05, 0) is 39.2 Å². The van der Waals surface area contributed by atoms with Crippen molar-refractivity contribution < 1.29 is 9.90 Å². The lowest BCUT2D eigenvalue weighted by Gasteiger charge is -2.13. The minimum atomic E-state index is -0.116. The summed E-state index contributed by atoms with van der Waals surface area (Å²) in [7, 11) is 0. The smallest absolute Gasteiger partial charge is 0.237 e. The third-order valence-electron chi connectivity index (χ3n) is 2.35. The fraction of sp³-hybridized carbons (Fsp3) is 0.900. The van der Waals surface area contributed by atoms with Crippen molar-refractivity contribution in [1.82, 2.24) is 10.6 Å². The lowest BCUT2D eigenvalue weighted by molar-refractivity contribution is -0.122. The average Bonchev–Trinajstić information content (AvgIpc) is 2.96. The molecule has 82 valence electrons. The molecule has 4 heteroatoms. The van der Waals surface area contributed by atoms with Gasteiger partial charge in [-0.25, -0.2) is 0 Å². The molecule has 1 aliphatic carbocycles. The van der Waals surface area contributed by atoms with Gasteiger partial charge in [0, 0.05) is 12.6 Å². The predicted octanol–water partition coefficient (Wildman–Crippen LogP) is 0.0156. The topological polar surface area (TPSA) is 61.4 Å². The first-order chi connectivity index (χ1) is 6.74. The number of carbonyl (C=O) groups is 1. The number of hydrogen-bond donors (Lipinski definition) is 3. The molecular weight excluding hydrogens is 180 g/mol. The van der Waals surface area contributed by atoms with Crippen molar-refractivity contribution in [3.8, 4) is 0 Å². The summed E-state index contributed by atoms with van der Waals surface area (Å²) in [5.41, 5.74) is 0. The Morgan fingerprint density at radius 2 is 2.21 bits per heavy atom. The van der Waals surface area contributed by atoms with Crippen LogP contribution in [0.1, 0.15) is 32.6 Å². The van der Waals surface area contributed by atoms with Crippen LogP contribution >= 0.6 is 0 Å². The number of unbranched alkanes of at least 4 members (excludes halogenated alkanes) is 1. The molecular formula is C10H20N2O2. The van der Waals surface area contributed by atoms with E-state index in [2.05, 4.69) is 10.6 Å². The van der Waals surface area contributed by atoms with E-state index in [0.717, 1.165) is 32.2 Å².